The molecule has 0 aromatic rings. The number of rotatable bonds is 3. The summed E-state index contributed by atoms with van der Waals surface area (Å²) in [5.41, 5.74) is 5.73. The molecule has 0 bridgehead atoms. The number of esters is 1. The van der Waals surface area contributed by atoms with Crippen molar-refractivity contribution in [1.82, 2.24) is 0 Å². The zero-order valence-electron chi connectivity index (χ0n) is 7.99. The summed E-state index contributed by atoms with van der Waals surface area (Å²) in [4.78, 5) is 11.2. The first kappa shape index (κ1) is 12.7. The lowest BCUT2D eigenvalue weighted by Crippen LogP contribution is -2.38. The minimum atomic E-state index is -0.382. The molecule has 0 saturated heterocycles. The average molecular weight is 208 g/mol. The monoisotopic (exact) mass is 207 g/mol. The van der Waals surface area contributed by atoms with Crippen molar-refractivity contribution in [2.24, 2.45) is 11.7 Å². The number of halogens is 1. The van der Waals surface area contributed by atoms with E-state index in [0.717, 1.165) is 12.8 Å². The molecular formula is C9H18ClNO2. The topological polar surface area (TPSA) is 52.3 Å². The van der Waals surface area contributed by atoms with Gasteiger partial charge in [-0.25, -0.2) is 0 Å². The summed E-state index contributed by atoms with van der Waals surface area (Å²) in [5.74, 6) is 0.133. The van der Waals surface area contributed by atoms with E-state index in [-0.39, 0.29) is 24.4 Å². The fourth-order valence-corrected chi connectivity index (χ4v) is 1.75. The van der Waals surface area contributed by atoms with E-state index < -0.39 is 0 Å². The third-order valence-corrected chi connectivity index (χ3v) is 2.47. The lowest BCUT2D eigenvalue weighted by Gasteiger charge is -2.16. The normalized spacial score (nSPS) is 19.2. The molecule has 1 unspecified atom stereocenters. The third-order valence-electron chi connectivity index (χ3n) is 2.47. The molecule has 0 amide bonds. The lowest BCUT2D eigenvalue weighted by molar-refractivity contribution is -0.146. The summed E-state index contributed by atoms with van der Waals surface area (Å²) < 4.78 is 4.85. The smallest absolute Gasteiger partial charge is 0.323 e. The molecule has 3 nitrogen and oxygen atoms in total. The van der Waals surface area contributed by atoms with Crippen LogP contribution in [0.15, 0.2) is 0 Å². The first-order valence-electron chi connectivity index (χ1n) is 4.68. The predicted molar refractivity (Wildman–Crippen MR) is 53.8 cm³/mol. The van der Waals surface area contributed by atoms with Crippen molar-refractivity contribution >= 4 is 18.4 Å². The minimum Gasteiger partial charge on any atom is -0.465 e. The van der Waals surface area contributed by atoms with E-state index in [4.69, 9.17) is 10.5 Å². The molecular weight excluding hydrogens is 190 g/mol. The molecule has 1 fully saturated rings. The molecule has 78 valence electrons. The molecule has 0 aromatic carbocycles. The predicted octanol–water partition coefficient (Wildman–Crippen LogP) is 1.49. The van der Waals surface area contributed by atoms with Gasteiger partial charge < -0.3 is 10.5 Å². The lowest BCUT2D eigenvalue weighted by atomic mass is 9.99. The van der Waals surface area contributed by atoms with E-state index in [1.807, 2.05) is 0 Å². The molecule has 0 spiro atoms. The summed E-state index contributed by atoms with van der Waals surface area (Å²) in [6.45, 7) is 2.23. The van der Waals surface area contributed by atoms with Gasteiger partial charge in [0.15, 0.2) is 0 Å². The third kappa shape index (κ3) is 3.53. The summed E-state index contributed by atoms with van der Waals surface area (Å²) in [7, 11) is 0. The van der Waals surface area contributed by atoms with Crippen molar-refractivity contribution in [2.75, 3.05) is 6.61 Å². The van der Waals surface area contributed by atoms with Crippen molar-refractivity contribution in [1.29, 1.82) is 0 Å². The Balaban J connectivity index is 0.00000144. The molecule has 2 N–H and O–H groups in total. The molecule has 0 aromatic heterocycles. The van der Waals surface area contributed by atoms with Gasteiger partial charge in [0, 0.05) is 0 Å². The van der Waals surface area contributed by atoms with Gasteiger partial charge in [-0.05, 0) is 25.7 Å². The van der Waals surface area contributed by atoms with Gasteiger partial charge in [0.1, 0.15) is 6.04 Å². The summed E-state index contributed by atoms with van der Waals surface area (Å²) in [6.07, 6.45) is 4.58. The van der Waals surface area contributed by atoms with Gasteiger partial charge >= 0.3 is 5.97 Å². The fraction of sp³-hybridized carbons (Fsp3) is 0.889. The molecule has 1 atom stereocenters. The van der Waals surface area contributed by atoms with Crippen molar-refractivity contribution in [3.63, 3.8) is 0 Å². The highest BCUT2D eigenvalue weighted by Crippen LogP contribution is 2.27. The Morgan fingerprint density at radius 3 is 2.54 bits per heavy atom. The molecule has 0 aliphatic heterocycles. The Hall–Kier alpha value is -0.280. The van der Waals surface area contributed by atoms with Gasteiger partial charge in [-0.3, -0.25) is 4.79 Å². The first-order valence-corrected chi connectivity index (χ1v) is 4.68. The van der Waals surface area contributed by atoms with E-state index >= 15 is 0 Å². The largest absolute Gasteiger partial charge is 0.465 e. The van der Waals surface area contributed by atoms with Gasteiger partial charge in [0.05, 0.1) is 6.61 Å². The number of ether oxygens (including phenoxy) is 1. The van der Waals surface area contributed by atoms with Crippen molar-refractivity contribution in [3.8, 4) is 0 Å². The number of carbonyl (C=O) groups is 1. The van der Waals surface area contributed by atoms with Gasteiger partial charge in [0.2, 0.25) is 0 Å². The molecule has 1 rings (SSSR count). The fourth-order valence-electron chi connectivity index (χ4n) is 1.75. The van der Waals surface area contributed by atoms with E-state index in [2.05, 4.69) is 0 Å². The quantitative estimate of drug-likeness (QED) is 0.714. The minimum absolute atomic E-state index is 0. The van der Waals surface area contributed by atoms with E-state index in [0.29, 0.717) is 12.5 Å². The van der Waals surface area contributed by atoms with E-state index in [1.165, 1.54) is 12.8 Å². The summed E-state index contributed by atoms with van der Waals surface area (Å²) in [5, 5.41) is 0. The van der Waals surface area contributed by atoms with Gasteiger partial charge in [-0.1, -0.05) is 12.8 Å². The highest BCUT2D eigenvalue weighted by Gasteiger charge is 2.27. The molecule has 13 heavy (non-hydrogen) atoms. The van der Waals surface area contributed by atoms with E-state index in [9.17, 15) is 4.79 Å². The van der Waals surface area contributed by atoms with Crippen LogP contribution in [-0.4, -0.2) is 18.6 Å². The van der Waals surface area contributed by atoms with Gasteiger partial charge in [0.25, 0.3) is 0 Å². The maximum Gasteiger partial charge on any atom is 0.323 e. The zero-order valence-corrected chi connectivity index (χ0v) is 8.81. The Bertz CT molecular complexity index is 158. The van der Waals surface area contributed by atoms with Crippen molar-refractivity contribution in [2.45, 2.75) is 38.6 Å². The second-order valence-corrected chi connectivity index (χ2v) is 3.32. The van der Waals surface area contributed by atoms with Gasteiger partial charge in [-0.15, -0.1) is 12.4 Å². The second-order valence-electron chi connectivity index (χ2n) is 3.32. The maximum atomic E-state index is 11.2. The molecule has 1 aliphatic carbocycles. The SMILES string of the molecule is CCOC(=O)C(N)C1CCCC1.Cl. The zero-order chi connectivity index (χ0) is 8.97. The van der Waals surface area contributed by atoms with Crippen LogP contribution in [0.5, 0.6) is 0 Å². The van der Waals surface area contributed by atoms with Crippen LogP contribution in [0.4, 0.5) is 0 Å². The summed E-state index contributed by atoms with van der Waals surface area (Å²) >= 11 is 0. The Morgan fingerprint density at radius 1 is 1.54 bits per heavy atom. The van der Waals surface area contributed by atoms with Crippen LogP contribution >= 0.6 is 12.4 Å². The molecule has 0 heterocycles. The Kier molecular flexibility index (Phi) is 6.08. The van der Waals surface area contributed by atoms with Crippen LogP contribution < -0.4 is 5.73 Å². The van der Waals surface area contributed by atoms with E-state index in [1.54, 1.807) is 6.92 Å². The molecule has 1 aliphatic rings. The molecule has 1 saturated carbocycles. The van der Waals surface area contributed by atoms with Crippen LogP contribution in [0, 0.1) is 5.92 Å². The van der Waals surface area contributed by atoms with Crippen LogP contribution in [-0.2, 0) is 9.53 Å². The van der Waals surface area contributed by atoms with Gasteiger partial charge in [-0.2, -0.15) is 0 Å². The number of nitrogens with two attached hydrogens (primary N) is 1. The standard InChI is InChI=1S/C9H17NO2.ClH/c1-2-12-9(11)8(10)7-5-3-4-6-7;/h7-8H,2-6,10H2,1H3;1H. The van der Waals surface area contributed by atoms with Crippen molar-refractivity contribution in [3.05, 3.63) is 0 Å². The number of hydrogen-bond acceptors (Lipinski definition) is 3. The Morgan fingerprint density at radius 2 is 2.08 bits per heavy atom. The highest BCUT2D eigenvalue weighted by molar-refractivity contribution is 5.85. The average Bonchev–Trinajstić information content (AvgIpc) is 2.55. The number of carbonyl (C=O) groups excluding carboxylic acids is 1. The van der Waals surface area contributed by atoms with Crippen LogP contribution in [0.2, 0.25) is 0 Å². The highest BCUT2D eigenvalue weighted by atomic mass is 35.5. The van der Waals surface area contributed by atoms with Crippen LogP contribution in [0.25, 0.3) is 0 Å². The van der Waals surface area contributed by atoms with Crippen LogP contribution in [0.1, 0.15) is 32.6 Å². The summed E-state index contributed by atoms with van der Waals surface area (Å²) in [6, 6.07) is -0.382. The molecule has 4 heteroatoms. The first-order chi connectivity index (χ1) is 5.75. The molecule has 0 radical (unpaired) electrons. The maximum absolute atomic E-state index is 11.2. The van der Waals surface area contributed by atoms with Crippen LogP contribution in [0.3, 0.4) is 0 Å². The Labute approximate surface area is 85.4 Å². The van der Waals surface area contributed by atoms with Crippen molar-refractivity contribution < 1.29 is 9.53 Å². The number of hydrogen-bond donors (Lipinski definition) is 1. The second kappa shape index (κ2) is 6.22.